The molecule has 0 radical (unpaired) electrons. The van der Waals surface area contributed by atoms with Gasteiger partial charge in [0.15, 0.2) is 5.60 Å². The summed E-state index contributed by atoms with van der Waals surface area (Å²) in [5.74, 6) is 0.800. The second kappa shape index (κ2) is 9.80. The van der Waals surface area contributed by atoms with Crippen molar-refractivity contribution >= 4 is 17.8 Å². The third kappa shape index (κ3) is 6.13. The second-order valence-corrected chi connectivity index (χ2v) is 8.56. The molecule has 0 aromatic rings. The fourth-order valence-corrected chi connectivity index (χ4v) is 3.92. The normalized spacial score (nSPS) is 28.7. The molecule has 0 unspecified atom stereocenters. The lowest BCUT2D eigenvalue weighted by molar-refractivity contribution is -0.159. The summed E-state index contributed by atoms with van der Waals surface area (Å²) >= 11 is 5.26. The monoisotopic (exact) mass is 400 g/mol. The fourth-order valence-electron chi connectivity index (χ4n) is 3.78. The van der Waals surface area contributed by atoms with E-state index in [0.29, 0.717) is 6.42 Å². The lowest BCUT2D eigenvalue weighted by Crippen LogP contribution is -2.57. The van der Waals surface area contributed by atoms with Crippen molar-refractivity contribution in [3.63, 3.8) is 0 Å². The van der Waals surface area contributed by atoms with E-state index in [1.165, 1.54) is 12.8 Å². The van der Waals surface area contributed by atoms with Crippen LogP contribution in [0.3, 0.4) is 0 Å². The van der Waals surface area contributed by atoms with Gasteiger partial charge in [-0.05, 0) is 56.1 Å². The van der Waals surface area contributed by atoms with Crippen LogP contribution in [0.5, 0.6) is 0 Å². The minimum Gasteiger partial charge on any atom is -0.491 e. The molecular weight excluding hydrogens is 368 g/mol. The number of halogens is 1. The summed E-state index contributed by atoms with van der Waals surface area (Å²) in [6.07, 6.45) is 10.7. The van der Waals surface area contributed by atoms with Gasteiger partial charge >= 0.3 is 5.97 Å². The maximum Gasteiger partial charge on any atom is 0.357 e. The Morgan fingerprint density at radius 3 is 2.67 bits per heavy atom. The largest absolute Gasteiger partial charge is 0.491 e. The third-order valence-corrected chi connectivity index (χ3v) is 5.62. The van der Waals surface area contributed by atoms with Crippen molar-refractivity contribution in [1.29, 1.82) is 0 Å². The number of carbonyl (C=O) groups excluding carboxylic acids is 1. The van der Waals surface area contributed by atoms with Crippen molar-refractivity contribution < 1.29 is 18.9 Å². The molecule has 0 aromatic heterocycles. The lowest BCUT2D eigenvalue weighted by Gasteiger charge is -2.35. The number of allylic oxidation sites excluding steroid dienone is 1. The summed E-state index contributed by atoms with van der Waals surface area (Å²) in [4.78, 5) is 12.2. The van der Waals surface area contributed by atoms with E-state index in [-0.39, 0.29) is 24.5 Å². The van der Waals surface area contributed by atoms with Gasteiger partial charge in [-0.3, -0.25) is 0 Å². The average Bonchev–Trinajstić information content (AvgIpc) is 2.62. The number of dihydropyridines is 1. The number of hydrogen-bond donors (Lipinski definition) is 3. The van der Waals surface area contributed by atoms with Crippen molar-refractivity contribution in [3.8, 4) is 0 Å². The Kier molecular flexibility index (Phi) is 8.01. The summed E-state index contributed by atoms with van der Waals surface area (Å²) in [6, 6.07) is -1.10. The predicted octanol–water partition coefficient (Wildman–Crippen LogP) is 3.14. The van der Waals surface area contributed by atoms with E-state index in [9.17, 15) is 9.90 Å². The molecular formula is C20H33ClN2O4. The average molecular weight is 401 g/mol. The molecule has 1 saturated carbocycles. The van der Waals surface area contributed by atoms with Gasteiger partial charge < -0.3 is 25.2 Å². The van der Waals surface area contributed by atoms with Crippen molar-refractivity contribution in [2.75, 3.05) is 0 Å². The highest BCUT2D eigenvalue weighted by atomic mass is 35.5. The topological polar surface area (TPSA) is 93.8 Å². The molecule has 6 nitrogen and oxygen atoms in total. The lowest BCUT2D eigenvalue weighted by atomic mass is 9.83. The highest BCUT2D eigenvalue weighted by molar-refractivity contribution is 6.14. The molecule has 0 amide bonds. The van der Waals surface area contributed by atoms with Crippen LogP contribution < -0.4 is 11.1 Å². The van der Waals surface area contributed by atoms with Crippen LogP contribution >= 0.6 is 11.9 Å². The van der Waals surface area contributed by atoms with Gasteiger partial charge in [-0.25, -0.2) is 4.79 Å². The quantitative estimate of drug-likeness (QED) is 0.579. The minimum absolute atomic E-state index is 0.0470. The first-order valence-corrected chi connectivity index (χ1v) is 10.2. The van der Waals surface area contributed by atoms with Gasteiger partial charge in [-0.1, -0.05) is 20.8 Å². The van der Waals surface area contributed by atoms with E-state index >= 15 is 0 Å². The Balaban J connectivity index is 2.05. The van der Waals surface area contributed by atoms with Gasteiger partial charge in [0, 0.05) is 18.7 Å². The Morgan fingerprint density at radius 2 is 2.07 bits per heavy atom. The Labute approximate surface area is 167 Å². The fraction of sp³-hybridized carbons (Fsp3) is 0.750. The van der Waals surface area contributed by atoms with Crippen LogP contribution in [0.1, 0.15) is 59.3 Å². The van der Waals surface area contributed by atoms with Crippen LogP contribution in [0.25, 0.3) is 0 Å². The molecule has 154 valence electrons. The van der Waals surface area contributed by atoms with E-state index < -0.39 is 17.6 Å². The van der Waals surface area contributed by atoms with Crippen molar-refractivity contribution in [1.82, 2.24) is 5.32 Å². The Hall–Kier alpha value is -1.24. The molecule has 4 N–H and O–H groups in total. The minimum atomic E-state index is -1.88. The number of rotatable bonds is 8. The predicted molar refractivity (Wildman–Crippen MR) is 106 cm³/mol. The van der Waals surface area contributed by atoms with Crippen molar-refractivity contribution in [3.05, 3.63) is 24.1 Å². The van der Waals surface area contributed by atoms with E-state index in [2.05, 4.69) is 16.5 Å². The number of hydrogen-bond acceptors (Lipinski definition) is 6. The first-order chi connectivity index (χ1) is 12.7. The Morgan fingerprint density at radius 1 is 1.41 bits per heavy atom. The molecule has 2 aliphatic rings. The zero-order valence-electron chi connectivity index (χ0n) is 16.5. The van der Waals surface area contributed by atoms with E-state index in [1.807, 2.05) is 26.0 Å². The third-order valence-electron chi connectivity index (χ3n) is 5.48. The molecule has 3 atom stereocenters. The molecule has 1 fully saturated rings. The molecule has 1 aliphatic heterocycles. The van der Waals surface area contributed by atoms with Crippen LogP contribution in [0, 0.1) is 11.8 Å². The summed E-state index contributed by atoms with van der Waals surface area (Å²) in [5.41, 5.74) is 4.26. The molecule has 0 saturated heterocycles. The number of ether oxygens (including phenoxy) is 1. The van der Waals surface area contributed by atoms with E-state index in [4.69, 9.17) is 22.3 Å². The van der Waals surface area contributed by atoms with Gasteiger partial charge in [0.2, 0.25) is 0 Å². The second-order valence-electron chi connectivity index (χ2n) is 8.40. The number of carbonyl (C=O) groups is 1. The Bertz CT molecular complexity index is 558. The van der Waals surface area contributed by atoms with Gasteiger partial charge in [0.1, 0.15) is 17.6 Å². The van der Waals surface area contributed by atoms with E-state index in [1.54, 1.807) is 6.20 Å². The maximum absolute atomic E-state index is 12.2. The molecule has 1 aliphatic carbocycles. The first kappa shape index (κ1) is 22.1. The standard InChI is InChI=1S/C20H33ClN2O4/c1-13(2)10-18(22)20(25,19(24)27-21)12-15-11-17(8-9-23-15)26-16-6-4-14(3)5-7-16/h8-9,11,13-16,18,23,25H,4-7,10,12,22H2,1-3H3/t14?,15-,16?,18+,20+/m1/s1. The molecule has 27 heavy (non-hydrogen) atoms. The number of aliphatic hydroxyl groups is 1. The zero-order valence-corrected chi connectivity index (χ0v) is 17.2. The molecule has 0 spiro atoms. The zero-order chi connectivity index (χ0) is 20.0. The van der Waals surface area contributed by atoms with Crippen LogP contribution in [0.15, 0.2) is 24.1 Å². The van der Waals surface area contributed by atoms with Gasteiger partial charge in [0.05, 0.1) is 12.1 Å². The molecule has 0 aromatic carbocycles. The number of nitrogens with two attached hydrogens (primary N) is 1. The SMILES string of the molecule is CC(C)C[C@H](N)[C@@](O)(C[C@H]1C=C(OC2CCC(C)CC2)C=CN1)C(=O)OCl. The first-order valence-electron chi connectivity index (χ1n) is 9.86. The van der Waals surface area contributed by atoms with E-state index in [0.717, 1.165) is 24.5 Å². The van der Waals surface area contributed by atoms with Crippen LogP contribution in [-0.4, -0.2) is 34.9 Å². The molecule has 7 heteroatoms. The molecule has 0 bridgehead atoms. The van der Waals surface area contributed by atoms with Crippen LogP contribution in [-0.2, 0) is 13.8 Å². The maximum atomic E-state index is 12.2. The highest BCUT2D eigenvalue weighted by Gasteiger charge is 2.45. The van der Waals surface area contributed by atoms with Crippen molar-refractivity contribution in [2.45, 2.75) is 83.1 Å². The van der Waals surface area contributed by atoms with Crippen molar-refractivity contribution in [2.24, 2.45) is 17.6 Å². The summed E-state index contributed by atoms with van der Waals surface area (Å²) in [5, 5.41) is 14.1. The highest BCUT2D eigenvalue weighted by Crippen LogP contribution is 2.29. The van der Waals surface area contributed by atoms with Gasteiger partial charge in [-0.2, -0.15) is 0 Å². The van der Waals surface area contributed by atoms with Gasteiger partial charge in [0.25, 0.3) is 0 Å². The summed E-state index contributed by atoms with van der Waals surface area (Å²) in [7, 11) is 0. The smallest absolute Gasteiger partial charge is 0.357 e. The summed E-state index contributed by atoms with van der Waals surface area (Å²) < 4.78 is 10.4. The summed E-state index contributed by atoms with van der Waals surface area (Å²) in [6.45, 7) is 6.22. The van der Waals surface area contributed by atoms with Gasteiger partial charge in [-0.15, -0.1) is 0 Å². The molecule has 1 heterocycles. The number of nitrogens with one attached hydrogen (secondary N) is 1. The molecule has 2 rings (SSSR count). The van der Waals surface area contributed by atoms with Crippen LogP contribution in [0.4, 0.5) is 0 Å². The van der Waals surface area contributed by atoms with Crippen LogP contribution in [0.2, 0.25) is 0 Å².